The van der Waals surface area contributed by atoms with Crippen LogP contribution in [-0.4, -0.2) is 43.0 Å². The maximum Gasteiger partial charge on any atom is 0.239 e. The summed E-state index contributed by atoms with van der Waals surface area (Å²) in [6, 6.07) is -0.313. The Hall–Kier alpha value is -0.0300. The van der Waals surface area contributed by atoms with Gasteiger partial charge in [0.25, 0.3) is 0 Å². The number of carbonyl (C=O) groups excluding carboxylic acids is 1. The molecule has 0 aromatic heterocycles. The molecular weight excluding hydrogens is 321 g/mol. The molecule has 1 heterocycles. The molecular formula is C16H33Cl2N3O. The van der Waals surface area contributed by atoms with Gasteiger partial charge >= 0.3 is 0 Å². The molecule has 2 rings (SSSR count). The zero-order valence-electron chi connectivity index (χ0n) is 13.6. The van der Waals surface area contributed by atoms with E-state index in [-0.39, 0.29) is 36.8 Å². The van der Waals surface area contributed by atoms with Crippen molar-refractivity contribution in [3.8, 4) is 0 Å². The molecule has 0 aromatic carbocycles. The third-order valence-corrected chi connectivity index (χ3v) is 4.77. The fraction of sp³-hybridized carbons (Fsp3) is 0.938. The molecule has 2 aliphatic rings. The number of hydrogen-bond acceptors (Lipinski definition) is 3. The maximum absolute atomic E-state index is 12.2. The van der Waals surface area contributed by atoms with Gasteiger partial charge in [0.05, 0.1) is 6.04 Å². The van der Waals surface area contributed by atoms with Crippen molar-refractivity contribution in [2.75, 3.05) is 26.2 Å². The first-order valence-electron chi connectivity index (χ1n) is 8.52. The third-order valence-electron chi connectivity index (χ3n) is 4.77. The van der Waals surface area contributed by atoms with Crippen molar-refractivity contribution < 1.29 is 4.79 Å². The molecule has 6 heteroatoms. The summed E-state index contributed by atoms with van der Waals surface area (Å²) in [5.74, 6) is 1.00. The SMILES string of the molecule is Cl.Cl.N[C@@H](CCNCC1CCCCC1)C(=O)N1CCCCC1. The van der Waals surface area contributed by atoms with Gasteiger partial charge < -0.3 is 16.0 Å². The Morgan fingerprint density at radius 2 is 1.64 bits per heavy atom. The summed E-state index contributed by atoms with van der Waals surface area (Å²) in [6.07, 6.45) is 11.2. The number of likely N-dealkylation sites (tertiary alicyclic amines) is 1. The molecule has 0 radical (unpaired) electrons. The van der Waals surface area contributed by atoms with Crippen molar-refractivity contribution in [2.24, 2.45) is 11.7 Å². The Bertz CT molecular complexity index is 293. The average molecular weight is 354 g/mol. The monoisotopic (exact) mass is 353 g/mol. The molecule has 0 bridgehead atoms. The summed E-state index contributed by atoms with van der Waals surface area (Å²) in [7, 11) is 0. The first-order valence-corrected chi connectivity index (χ1v) is 8.52. The van der Waals surface area contributed by atoms with E-state index in [0.717, 1.165) is 51.4 Å². The van der Waals surface area contributed by atoms with Gasteiger partial charge in [0, 0.05) is 13.1 Å². The van der Waals surface area contributed by atoms with Gasteiger partial charge in [-0.3, -0.25) is 4.79 Å². The van der Waals surface area contributed by atoms with Crippen LogP contribution in [0.15, 0.2) is 0 Å². The minimum Gasteiger partial charge on any atom is -0.341 e. The summed E-state index contributed by atoms with van der Waals surface area (Å²) in [6.45, 7) is 3.78. The van der Waals surface area contributed by atoms with Crippen molar-refractivity contribution in [3.05, 3.63) is 0 Å². The van der Waals surface area contributed by atoms with E-state index in [0.29, 0.717) is 0 Å². The number of nitrogens with two attached hydrogens (primary N) is 1. The Morgan fingerprint density at radius 1 is 1.05 bits per heavy atom. The van der Waals surface area contributed by atoms with Gasteiger partial charge in [-0.2, -0.15) is 0 Å². The standard InChI is InChI=1S/C16H31N3O.2ClH/c17-15(16(20)19-11-5-2-6-12-19)9-10-18-13-14-7-3-1-4-8-14;;/h14-15,18H,1-13,17H2;2*1H/t15-;;/m0../s1. The molecule has 1 saturated carbocycles. The largest absolute Gasteiger partial charge is 0.341 e. The highest BCUT2D eigenvalue weighted by Gasteiger charge is 2.22. The summed E-state index contributed by atoms with van der Waals surface area (Å²) in [5.41, 5.74) is 6.04. The number of amides is 1. The number of hydrogen-bond donors (Lipinski definition) is 2. The van der Waals surface area contributed by atoms with Crippen LogP contribution in [0.5, 0.6) is 0 Å². The summed E-state index contributed by atoms with van der Waals surface area (Å²) >= 11 is 0. The lowest BCUT2D eigenvalue weighted by Gasteiger charge is -2.29. The Labute approximate surface area is 147 Å². The molecule has 132 valence electrons. The smallest absolute Gasteiger partial charge is 0.239 e. The van der Waals surface area contributed by atoms with Crippen molar-refractivity contribution in [2.45, 2.75) is 63.8 Å². The number of halogens is 2. The zero-order chi connectivity index (χ0) is 14.2. The zero-order valence-corrected chi connectivity index (χ0v) is 15.2. The highest BCUT2D eigenvalue weighted by molar-refractivity contribution is 5.85. The van der Waals surface area contributed by atoms with E-state index in [9.17, 15) is 4.79 Å². The molecule has 1 aliphatic heterocycles. The van der Waals surface area contributed by atoms with Crippen LogP contribution in [0, 0.1) is 5.92 Å². The highest BCUT2D eigenvalue weighted by atomic mass is 35.5. The second-order valence-corrected chi connectivity index (χ2v) is 6.49. The second-order valence-electron chi connectivity index (χ2n) is 6.49. The van der Waals surface area contributed by atoms with Gasteiger partial charge in [0.2, 0.25) is 5.91 Å². The predicted octanol–water partition coefficient (Wildman–Crippen LogP) is 2.73. The molecule has 1 aliphatic carbocycles. The van der Waals surface area contributed by atoms with Crippen LogP contribution in [-0.2, 0) is 4.79 Å². The van der Waals surface area contributed by atoms with Crippen LogP contribution in [0.2, 0.25) is 0 Å². The van der Waals surface area contributed by atoms with Crippen LogP contribution in [0.25, 0.3) is 0 Å². The Kier molecular flexibility index (Phi) is 12.4. The number of nitrogens with zero attached hydrogens (tertiary/aromatic N) is 1. The third kappa shape index (κ3) is 7.49. The number of carbonyl (C=O) groups is 1. The lowest BCUT2D eigenvalue weighted by molar-refractivity contribution is -0.133. The number of rotatable bonds is 6. The van der Waals surface area contributed by atoms with Gasteiger partial charge in [-0.15, -0.1) is 24.8 Å². The van der Waals surface area contributed by atoms with E-state index in [4.69, 9.17) is 5.73 Å². The van der Waals surface area contributed by atoms with Crippen molar-refractivity contribution >= 4 is 30.7 Å². The molecule has 22 heavy (non-hydrogen) atoms. The normalized spacial score (nSPS) is 20.7. The molecule has 1 amide bonds. The summed E-state index contributed by atoms with van der Waals surface area (Å²) in [4.78, 5) is 14.1. The van der Waals surface area contributed by atoms with E-state index in [2.05, 4.69) is 5.32 Å². The fourth-order valence-corrected chi connectivity index (χ4v) is 3.43. The van der Waals surface area contributed by atoms with Crippen LogP contribution < -0.4 is 11.1 Å². The Balaban J connectivity index is 0.00000220. The van der Waals surface area contributed by atoms with E-state index in [1.54, 1.807) is 0 Å². The first kappa shape index (κ1) is 22.0. The van der Waals surface area contributed by atoms with Crippen molar-refractivity contribution in [1.82, 2.24) is 10.2 Å². The van der Waals surface area contributed by atoms with Crippen LogP contribution >= 0.6 is 24.8 Å². The topological polar surface area (TPSA) is 58.4 Å². The summed E-state index contributed by atoms with van der Waals surface area (Å²) < 4.78 is 0. The van der Waals surface area contributed by atoms with E-state index in [1.807, 2.05) is 4.90 Å². The van der Waals surface area contributed by atoms with Gasteiger partial charge in [-0.25, -0.2) is 0 Å². The molecule has 2 fully saturated rings. The minimum absolute atomic E-state index is 0. The molecule has 0 aromatic rings. The van der Waals surface area contributed by atoms with Gasteiger partial charge in [0.1, 0.15) is 0 Å². The summed E-state index contributed by atoms with van der Waals surface area (Å²) in [5, 5.41) is 3.49. The van der Waals surface area contributed by atoms with Gasteiger partial charge in [-0.1, -0.05) is 19.3 Å². The average Bonchev–Trinajstić information content (AvgIpc) is 2.52. The number of nitrogens with one attached hydrogen (secondary N) is 1. The maximum atomic E-state index is 12.2. The highest BCUT2D eigenvalue weighted by Crippen LogP contribution is 2.22. The molecule has 0 spiro atoms. The predicted molar refractivity (Wildman–Crippen MR) is 97.0 cm³/mol. The van der Waals surface area contributed by atoms with Crippen LogP contribution in [0.4, 0.5) is 0 Å². The van der Waals surface area contributed by atoms with Crippen LogP contribution in [0.3, 0.4) is 0 Å². The molecule has 1 saturated heterocycles. The minimum atomic E-state index is -0.313. The number of piperidine rings is 1. The lowest BCUT2D eigenvalue weighted by Crippen LogP contribution is -2.47. The van der Waals surface area contributed by atoms with E-state index < -0.39 is 0 Å². The van der Waals surface area contributed by atoms with E-state index >= 15 is 0 Å². The molecule has 0 unspecified atom stereocenters. The van der Waals surface area contributed by atoms with Crippen LogP contribution in [0.1, 0.15) is 57.8 Å². The molecule has 1 atom stereocenters. The van der Waals surface area contributed by atoms with Gasteiger partial charge in [0.15, 0.2) is 0 Å². The van der Waals surface area contributed by atoms with Crippen molar-refractivity contribution in [3.63, 3.8) is 0 Å². The Morgan fingerprint density at radius 3 is 2.27 bits per heavy atom. The molecule has 4 nitrogen and oxygen atoms in total. The quantitative estimate of drug-likeness (QED) is 0.721. The lowest BCUT2D eigenvalue weighted by atomic mass is 9.89. The van der Waals surface area contributed by atoms with Crippen molar-refractivity contribution in [1.29, 1.82) is 0 Å². The van der Waals surface area contributed by atoms with E-state index in [1.165, 1.54) is 38.5 Å². The van der Waals surface area contributed by atoms with Gasteiger partial charge in [-0.05, 0) is 57.5 Å². The second kappa shape index (κ2) is 12.4. The first-order chi connectivity index (χ1) is 9.77. The molecule has 3 N–H and O–H groups in total. The fourth-order valence-electron chi connectivity index (χ4n) is 3.43.